The molecule has 2 nitrogen and oxygen atoms in total. The van der Waals surface area contributed by atoms with E-state index in [1.54, 1.807) is 6.07 Å². The summed E-state index contributed by atoms with van der Waals surface area (Å²) in [5, 5.41) is 13.2. The Morgan fingerprint density at radius 3 is 2.76 bits per heavy atom. The van der Waals surface area contributed by atoms with Crippen molar-refractivity contribution in [2.45, 2.75) is 44.8 Å². The van der Waals surface area contributed by atoms with Gasteiger partial charge in [0.2, 0.25) is 0 Å². The van der Waals surface area contributed by atoms with Crippen molar-refractivity contribution < 1.29 is 9.50 Å². The quantitative estimate of drug-likeness (QED) is 0.874. The molecule has 4 heteroatoms. The number of aryl methyl sites for hydroxylation is 1. The number of aliphatic hydroxyl groups excluding tert-OH is 1. The van der Waals surface area contributed by atoms with Crippen LogP contribution >= 0.6 is 15.9 Å². The van der Waals surface area contributed by atoms with Crippen LogP contribution < -0.4 is 5.32 Å². The Kier molecular flexibility index (Phi) is 4.05. The van der Waals surface area contributed by atoms with Gasteiger partial charge in [-0.15, -0.1) is 0 Å². The zero-order valence-electron chi connectivity index (χ0n) is 9.84. The molecule has 0 radical (unpaired) electrons. The highest BCUT2D eigenvalue weighted by Crippen LogP contribution is 2.28. The molecule has 0 amide bonds. The molecule has 2 atom stereocenters. The van der Waals surface area contributed by atoms with Crippen LogP contribution in [0.2, 0.25) is 0 Å². The maximum Gasteiger partial charge on any atom is 0.137 e. The number of rotatable bonds is 2. The zero-order chi connectivity index (χ0) is 12.4. The third kappa shape index (κ3) is 2.99. The lowest BCUT2D eigenvalue weighted by atomic mass is 9.92. The van der Waals surface area contributed by atoms with Gasteiger partial charge in [-0.2, -0.15) is 0 Å². The van der Waals surface area contributed by atoms with Crippen LogP contribution in [0.3, 0.4) is 0 Å². The topological polar surface area (TPSA) is 32.3 Å². The molecule has 1 aromatic rings. The fraction of sp³-hybridized carbons (Fsp3) is 0.538. The zero-order valence-corrected chi connectivity index (χ0v) is 11.4. The fourth-order valence-electron chi connectivity index (χ4n) is 2.28. The number of hydrogen-bond donors (Lipinski definition) is 2. The number of nitrogens with one attached hydrogen (secondary N) is 1. The first kappa shape index (κ1) is 12.8. The fourth-order valence-corrected chi connectivity index (χ4v) is 2.62. The predicted molar refractivity (Wildman–Crippen MR) is 70.7 cm³/mol. The highest BCUT2D eigenvalue weighted by atomic mass is 79.9. The van der Waals surface area contributed by atoms with Crippen molar-refractivity contribution in [3.63, 3.8) is 0 Å². The molecular formula is C13H17BrFNO. The van der Waals surface area contributed by atoms with Crippen LogP contribution in [0.1, 0.15) is 31.2 Å². The van der Waals surface area contributed by atoms with Gasteiger partial charge in [0.15, 0.2) is 0 Å². The van der Waals surface area contributed by atoms with E-state index in [2.05, 4.69) is 21.2 Å². The summed E-state index contributed by atoms with van der Waals surface area (Å²) in [6.07, 6.45) is 3.74. The normalized spacial score (nSPS) is 24.7. The maximum absolute atomic E-state index is 13.3. The molecule has 0 bridgehead atoms. The van der Waals surface area contributed by atoms with E-state index in [1.165, 1.54) is 6.07 Å². The smallest absolute Gasteiger partial charge is 0.137 e. The van der Waals surface area contributed by atoms with Gasteiger partial charge in [-0.25, -0.2) is 4.39 Å². The van der Waals surface area contributed by atoms with Crippen LogP contribution in [0, 0.1) is 12.7 Å². The summed E-state index contributed by atoms with van der Waals surface area (Å²) in [6, 6.07) is 3.33. The molecule has 0 aromatic heterocycles. The van der Waals surface area contributed by atoms with Crippen molar-refractivity contribution in [2.75, 3.05) is 5.32 Å². The molecule has 2 rings (SSSR count). The Balaban J connectivity index is 2.15. The second-order valence-corrected chi connectivity index (χ2v) is 5.54. The second kappa shape index (κ2) is 5.36. The van der Waals surface area contributed by atoms with Gasteiger partial charge in [-0.3, -0.25) is 0 Å². The first-order valence-corrected chi connectivity index (χ1v) is 6.77. The summed E-state index contributed by atoms with van der Waals surface area (Å²) in [4.78, 5) is 0. The Morgan fingerprint density at radius 2 is 2.06 bits per heavy atom. The van der Waals surface area contributed by atoms with E-state index in [0.717, 1.165) is 36.9 Å². The Morgan fingerprint density at radius 1 is 1.35 bits per heavy atom. The summed E-state index contributed by atoms with van der Waals surface area (Å²) in [5.74, 6) is -0.253. The molecule has 94 valence electrons. The van der Waals surface area contributed by atoms with Gasteiger partial charge in [0.25, 0.3) is 0 Å². The van der Waals surface area contributed by atoms with Gasteiger partial charge in [-0.05, 0) is 53.4 Å². The molecule has 0 heterocycles. The molecule has 1 aliphatic rings. The third-order valence-electron chi connectivity index (χ3n) is 3.34. The summed E-state index contributed by atoms with van der Waals surface area (Å²) in [6.45, 7) is 1.87. The lowest BCUT2D eigenvalue weighted by Crippen LogP contribution is -2.36. The van der Waals surface area contributed by atoms with Crippen LogP contribution in [-0.2, 0) is 0 Å². The average Bonchev–Trinajstić information content (AvgIpc) is 2.29. The molecule has 0 aliphatic heterocycles. The highest BCUT2D eigenvalue weighted by molar-refractivity contribution is 9.10. The van der Waals surface area contributed by atoms with Gasteiger partial charge >= 0.3 is 0 Å². The molecule has 2 N–H and O–H groups in total. The van der Waals surface area contributed by atoms with Gasteiger partial charge in [0, 0.05) is 5.69 Å². The third-order valence-corrected chi connectivity index (χ3v) is 3.95. The van der Waals surface area contributed by atoms with E-state index in [9.17, 15) is 9.50 Å². The predicted octanol–water partition coefficient (Wildman–Crippen LogP) is 3.61. The lowest BCUT2D eigenvalue weighted by molar-refractivity contribution is 0.116. The van der Waals surface area contributed by atoms with Crippen molar-refractivity contribution in [3.05, 3.63) is 28.0 Å². The van der Waals surface area contributed by atoms with E-state index >= 15 is 0 Å². The van der Waals surface area contributed by atoms with E-state index < -0.39 is 0 Å². The van der Waals surface area contributed by atoms with Crippen molar-refractivity contribution in [1.82, 2.24) is 0 Å². The average molecular weight is 302 g/mol. The minimum Gasteiger partial charge on any atom is -0.391 e. The summed E-state index contributed by atoms with van der Waals surface area (Å²) in [7, 11) is 0. The van der Waals surface area contributed by atoms with E-state index in [4.69, 9.17) is 0 Å². The van der Waals surface area contributed by atoms with Crippen LogP contribution in [0.15, 0.2) is 16.6 Å². The summed E-state index contributed by atoms with van der Waals surface area (Å²) < 4.78 is 13.7. The molecule has 1 saturated carbocycles. The number of hydrogen-bond acceptors (Lipinski definition) is 2. The molecule has 1 aromatic carbocycles. The Bertz CT molecular complexity index is 411. The van der Waals surface area contributed by atoms with Crippen molar-refractivity contribution in [2.24, 2.45) is 0 Å². The van der Waals surface area contributed by atoms with Gasteiger partial charge in [0.05, 0.1) is 16.6 Å². The van der Waals surface area contributed by atoms with Crippen molar-refractivity contribution in [3.8, 4) is 0 Å². The van der Waals surface area contributed by atoms with Crippen LogP contribution in [-0.4, -0.2) is 17.3 Å². The van der Waals surface area contributed by atoms with E-state index in [-0.39, 0.29) is 18.0 Å². The number of halogens is 2. The van der Waals surface area contributed by atoms with Crippen LogP contribution in [0.5, 0.6) is 0 Å². The first-order chi connectivity index (χ1) is 8.08. The minimum atomic E-state index is -0.299. The molecule has 17 heavy (non-hydrogen) atoms. The second-order valence-electron chi connectivity index (χ2n) is 4.68. The highest BCUT2D eigenvalue weighted by Gasteiger charge is 2.23. The lowest BCUT2D eigenvalue weighted by Gasteiger charge is -2.29. The standard InChI is InChI=1S/C13H17BrFNO/c1-8-6-10(15)9(14)7-12(8)16-11-4-2-3-5-13(11)17/h6-7,11,13,16-17H,2-5H2,1H3/t11-,13-/m0/s1. The van der Waals surface area contributed by atoms with Gasteiger partial charge in [-0.1, -0.05) is 12.8 Å². The Hall–Kier alpha value is -0.610. The Labute approximate surface area is 109 Å². The monoisotopic (exact) mass is 301 g/mol. The molecule has 1 aliphatic carbocycles. The maximum atomic E-state index is 13.3. The molecule has 0 spiro atoms. The molecule has 0 saturated heterocycles. The van der Waals surface area contributed by atoms with Crippen LogP contribution in [0.25, 0.3) is 0 Å². The first-order valence-electron chi connectivity index (χ1n) is 5.98. The van der Waals surface area contributed by atoms with E-state index in [0.29, 0.717) is 4.47 Å². The SMILES string of the molecule is Cc1cc(F)c(Br)cc1N[C@H]1CCCC[C@@H]1O. The molecule has 0 unspecified atom stereocenters. The summed E-state index contributed by atoms with van der Waals surface area (Å²) in [5.41, 5.74) is 1.76. The number of benzene rings is 1. The number of aliphatic hydroxyl groups is 1. The van der Waals surface area contributed by atoms with E-state index in [1.807, 2.05) is 6.92 Å². The van der Waals surface area contributed by atoms with Crippen LogP contribution in [0.4, 0.5) is 10.1 Å². The van der Waals surface area contributed by atoms with Crippen molar-refractivity contribution >= 4 is 21.6 Å². The molecule has 1 fully saturated rings. The summed E-state index contributed by atoms with van der Waals surface area (Å²) >= 11 is 3.18. The van der Waals surface area contributed by atoms with Crippen molar-refractivity contribution in [1.29, 1.82) is 0 Å². The largest absolute Gasteiger partial charge is 0.391 e. The molecular weight excluding hydrogens is 285 g/mol. The number of anilines is 1. The van der Waals surface area contributed by atoms with Gasteiger partial charge in [0.1, 0.15) is 5.82 Å². The minimum absolute atomic E-state index is 0.0832. The van der Waals surface area contributed by atoms with Gasteiger partial charge < -0.3 is 10.4 Å².